The van der Waals surface area contributed by atoms with Crippen molar-refractivity contribution in [3.05, 3.63) is 0 Å². The molecule has 4 heteroatoms. The van der Waals surface area contributed by atoms with Gasteiger partial charge in [0.15, 0.2) is 17.5 Å². The van der Waals surface area contributed by atoms with E-state index in [-0.39, 0.29) is 5.78 Å². The van der Waals surface area contributed by atoms with Crippen molar-refractivity contribution >= 4 is 11.8 Å². The van der Waals surface area contributed by atoms with Crippen LogP contribution in [0.3, 0.4) is 0 Å². The number of hydrogen-bond donors (Lipinski definition) is 0. The van der Waals surface area contributed by atoms with Gasteiger partial charge in [-0.2, -0.15) is 0 Å². The molecule has 0 aliphatic carbocycles. The highest BCUT2D eigenvalue weighted by molar-refractivity contribution is 5.97. The number of ketones is 1. The number of ether oxygens (including phenoxy) is 2. The fourth-order valence-electron chi connectivity index (χ4n) is 1.42. The van der Waals surface area contributed by atoms with Crippen LogP contribution in [0.15, 0.2) is 0 Å². The molecule has 1 saturated heterocycles. The summed E-state index contributed by atoms with van der Waals surface area (Å²) in [6.07, 6.45) is 1.71. The minimum atomic E-state index is -1.01. The monoisotopic (exact) mass is 200 g/mol. The quantitative estimate of drug-likeness (QED) is 0.492. The Bertz CT molecular complexity index is 249. The van der Waals surface area contributed by atoms with Gasteiger partial charge in [-0.3, -0.25) is 4.79 Å². The SMILES string of the molecule is CCCCC(=O)[C@@H]1O[C@]1(C)C(=O)OC. The molecule has 0 bridgehead atoms. The molecule has 1 heterocycles. The highest BCUT2D eigenvalue weighted by atomic mass is 16.7. The zero-order chi connectivity index (χ0) is 10.8. The fourth-order valence-corrected chi connectivity index (χ4v) is 1.42. The lowest BCUT2D eigenvalue weighted by Gasteiger charge is -2.02. The van der Waals surface area contributed by atoms with Crippen molar-refractivity contribution in [2.45, 2.75) is 44.8 Å². The Morgan fingerprint density at radius 1 is 1.50 bits per heavy atom. The van der Waals surface area contributed by atoms with E-state index in [9.17, 15) is 9.59 Å². The average Bonchev–Trinajstić information content (AvgIpc) is 2.87. The maximum Gasteiger partial charge on any atom is 0.341 e. The van der Waals surface area contributed by atoms with E-state index in [4.69, 9.17) is 4.74 Å². The summed E-state index contributed by atoms with van der Waals surface area (Å²) in [6.45, 7) is 3.61. The van der Waals surface area contributed by atoms with Gasteiger partial charge in [0.25, 0.3) is 0 Å². The average molecular weight is 200 g/mol. The minimum absolute atomic E-state index is 0.000231. The van der Waals surface area contributed by atoms with Crippen LogP contribution in [0.5, 0.6) is 0 Å². The van der Waals surface area contributed by atoms with E-state index in [1.165, 1.54) is 7.11 Å². The summed E-state index contributed by atoms with van der Waals surface area (Å²) >= 11 is 0. The molecule has 1 aliphatic heterocycles. The number of unbranched alkanes of at least 4 members (excludes halogenated alkanes) is 1. The largest absolute Gasteiger partial charge is 0.467 e. The number of methoxy groups -OCH3 is 1. The third-order valence-corrected chi connectivity index (χ3v) is 2.47. The molecule has 14 heavy (non-hydrogen) atoms. The maximum absolute atomic E-state index is 11.5. The van der Waals surface area contributed by atoms with E-state index >= 15 is 0 Å². The van der Waals surface area contributed by atoms with Gasteiger partial charge >= 0.3 is 5.97 Å². The standard InChI is InChI=1S/C10H16O4/c1-4-5-6-7(11)8-10(2,14-8)9(12)13-3/h8H,4-6H2,1-3H3/t8-,10-/m0/s1. The number of esters is 1. The van der Waals surface area contributed by atoms with Crippen LogP contribution >= 0.6 is 0 Å². The van der Waals surface area contributed by atoms with E-state index in [1.807, 2.05) is 6.92 Å². The van der Waals surface area contributed by atoms with Crippen LogP contribution in [0.4, 0.5) is 0 Å². The fraction of sp³-hybridized carbons (Fsp3) is 0.800. The Balaban J connectivity index is 2.44. The molecular formula is C10H16O4. The van der Waals surface area contributed by atoms with E-state index in [2.05, 4.69) is 4.74 Å². The number of hydrogen-bond acceptors (Lipinski definition) is 4. The van der Waals surface area contributed by atoms with Gasteiger partial charge in [0.05, 0.1) is 7.11 Å². The molecule has 0 N–H and O–H groups in total. The van der Waals surface area contributed by atoms with E-state index < -0.39 is 17.7 Å². The number of Topliss-reactive ketones (excluding diaryl/α,β-unsaturated/α-hetero) is 1. The first-order valence-electron chi connectivity index (χ1n) is 4.85. The molecule has 0 saturated carbocycles. The summed E-state index contributed by atoms with van der Waals surface area (Å²) in [7, 11) is 1.29. The second kappa shape index (κ2) is 4.09. The second-order valence-corrected chi connectivity index (χ2v) is 3.67. The van der Waals surface area contributed by atoms with Gasteiger partial charge in [-0.15, -0.1) is 0 Å². The van der Waals surface area contributed by atoms with Crippen molar-refractivity contribution in [2.24, 2.45) is 0 Å². The third-order valence-electron chi connectivity index (χ3n) is 2.47. The van der Waals surface area contributed by atoms with E-state index in [1.54, 1.807) is 6.92 Å². The zero-order valence-corrected chi connectivity index (χ0v) is 8.83. The Morgan fingerprint density at radius 2 is 2.14 bits per heavy atom. The molecule has 1 aliphatic rings. The summed E-state index contributed by atoms with van der Waals surface area (Å²) in [4.78, 5) is 22.7. The number of epoxide rings is 1. The summed E-state index contributed by atoms with van der Waals surface area (Å²) in [5, 5.41) is 0. The van der Waals surface area contributed by atoms with Crippen LogP contribution < -0.4 is 0 Å². The molecular weight excluding hydrogens is 184 g/mol. The molecule has 1 rings (SSSR count). The van der Waals surface area contributed by atoms with Crippen molar-refractivity contribution in [1.29, 1.82) is 0 Å². The van der Waals surface area contributed by atoms with Crippen LogP contribution in [0.2, 0.25) is 0 Å². The molecule has 0 aromatic heterocycles. The Hall–Kier alpha value is -0.900. The molecule has 80 valence electrons. The molecule has 0 aromatic carbocycles. The number of carbonyl (C=O) groups is 2. The Labute approximate surface area is 83.6 Å². The molecule has 0 unspecified atom stereocenters. The second-order valence-electron chi connectivity index (χ2n) is 3.67. The van der Waals surface area contributed by atoms with Crippen molar-refractivity contribution in [1.82, 2.24) is 0 Å². The summed E-state index contributed by atoms with van der Waals surface area (Å²) in [6, 6.07) is 0. The molecule has 0 aromatic rings. The van der Waals surface area contributed by atoms with Crippen LogP contribution in [-0.4, -0.2) is 30.6 Å². The summed E-state index contributed by atoms with van der Waals surface area (Å²) in [5.74, 6) is -0.466. The van der Waals surface area contributed by atoms with Gasteiger partial charge in [-0.05, 0) is 13.3 Å². The third kappa shape index (κ3) is 1.95. The van der Waals surface area contributed by atoms with E-state index in [0.717, 1.165) is 12.8 Å². The van der Waals surface area contributed by atoms with Gasteiger partial charge in [-0.1, -0.05) is 13.3 Å². The first kappa shape index (κ1) is 11.2. The first-order valence-corrected chi connectivity index (χ1v) is 4.85. The number of rotatable bonds is 5. The smallest absolute Gasteiger partial charge is 0.341 e. The minimum Gasteiger partial charge on any atom is -0.467 e. The van der Waals surface area contributed by atoms with Crippen LogP contribution in [0.25, 0.3) is 0 Å². The van der Waals surface area contributed by atoms with Gasteiger partial charge in [0.2, 0.25) is 0 Å². The summed E-state index contributed by atoms with van der Waals surface area (Å²) < 4.78 is 9.64. The van der Waals surface area contributed by atoms with Gasteiger partial charge < -0.3 is 9.47 Å². The van der Waals surface area contributed by atoms with Gasteiger partial charge in [0.1, 0.15) is 0 Å². The molecule has 4 nitrogen and oxygen atoms in total. The Morgan fingerprint density at radius 3 is 2.64 bits per heavy atom. The Kier molecular flexibility index (Phi) is 3.26. The summed E-state index contributed by atoms with van der Waals surface area (Å²) in [5.41, 5.74) is -1.01. The molecule has 0 spiro atoms. The predicted octanol–water partition coefficient (Wildman–Crippen LogP) is 1.08. The van der Waals surface area contributed by atoms with Crippen molar-refractivity contribution in [2.75, 3.05) is 7.11 Å². The highest BCUT2D eigenvalue weighted by Gasteiger charge is 2.63. The lowest BCUT2D eigenvalue weighted by Crippen LogP contribution is -2.28. The van der Waals surface area contributed by atoms with Gasteiger partial charge in [-0.25, -0.2) is 4.79 Å². The van der Waals surface area contributed by atoms with E-state index in [0.29, 0.717) is 6.42 Å². The molecule has 0 amide bonds. The number of carbonyl (C=O) groups excluding carboxylic acids is 2. The van der Waals surface area contributed by atoms with Crippen LogP contribution in [0.1, 0.15) is 33.1 Å². The topological polar surface area (TPSA) is 55.9 Å². The molecule has 0 radical (unpaired) electrons. The van der Waals surface area contributed by atoms with Crippen molar-refractivity contribution in [3.8, 4) is 0 Å². The lowest BCUT2D eigenvalue weighted by molar-refractivity contribution is -0.146. The van der Waals surface area contributed by atoms with Crippen LogP contribution in [0, 0.1) is 0 Å². The molecule has 1 fully saturated rings. The highest BCUT2D eigenvalue weighted by Crippen LogP contribution is 2.38. The first-order chi connectivity index (χ1) is 6.56. The molecule has 2 atom stereocenters. The van der Waals surface area contributed by atoms with Crippen molar-refractivity contribution in [3.63, 3.8) is 0 Å². The zero-order valence-electron chi connectivity index (χ0n) is 8.83. The lowest BCUT2D eigenvalue weighted by atomic mass is 10.0. The van der Waals surface area contributed by atoms with Crippen molar-refractivity contribution < 1.29 is 19.1 Å². The van der Waals surface area contributed by atoms with Crippen LogP contribution in [-0.2, 0) is 19.1 Å². The maximum atomic E-state index is 11.5. The predicted molar refractivity (Wildman–Crippen MR) is 49.8 cm³/mol. The van der Waals surface area contributed by atoms with Gasteiger partial charge in [0, 0.05) is 6.42 Å². The normalized spacial score (nSPS) is 29.8.